The first kappa shape index (κ1) is 12.7. The fourth-order valence-corrected chi connectivity index (χ4v) is 4.00. The van der Waals surface area contributed by atoms with E-state index in [9.17, 15) is 0 Å². The molecule has 0 amide bonds. The third-order valence-corrected chi connectivity index (χ3v) is 5.08. The number of allylic oxidation sites excluding steroid dienone is 4. The number of fused-ring (bicyclic) bond motifs is 1. The zero-order valence-corrected chi connectivity index (χ0v) is 12.5. The summed E-state index contributed by atoms with van der Waals surface area (Å²) >= 11 is 1.93. The van der Waals surface area contributed by atoms with Crippen LogP contribution in [0.5, 0.6) is 0 Å². The van der Waals surface area contributed by atoms with Crippen molar-refractivity contribution < 1.29 is 4.58 Å². The molecule has 0 bridgehead atoms. The molecular formula is C19H16NS+. The summed E-state index contributed by atoms with van der Waals surface area (Å²) < 4.78 is 2.32. The summed E-state index contributed by atoms with van der Waals surface area (Å²) in [5.74, 6) is 1.40. The van der Waals surface area contributed by atoms with E-state index in [0.29, 0.717) is 5.92 Å². The summed E-state index contributed by atoms with van der Waals surface area (Å²) in [4.78, 5) is 1.42. The fraction of sp³-hybridized carbons (Fsp3) is 0.105. The van der Waals surface area contributed by atoms with Gasteiger partial charge in [0.05, 0.1) is 5.56 Å². The Morgan fingerprint density at radius 1 is 0.905 bits per heavy atom. The molecule has 0 radical (unpaired) electrons. The molecule has 1 aliphatic heterocycles. The molecule has 0 aromatic heterocycles. The fourth-order valence-electron chi connectivity index (χ4n) is 2.85. The van der Waals surface area contributed by atoms with Crippen molar-refractivity contribution in [2.75, 3.05) is 5.88 Å². The SMILES string of the molecule is C1=CC(c2cccc3c2SC[N+](c2ccccc2)=C3)C=C1. The Hall–Kier alpha value is -2.06. The third-order valence-electron chi connectivity index (χ3n) is 3.91. The maximum atomic E-state index is 2.32. The van der Waals surface area contributed by atoms with E-state index < -0.39 is 0 Å². The lowest BCUT2D eigenvalue weighted by Gasteiger charge is -2.17. The van der Waals surface area contributed by atoms with E-state index in [0.717, 1.165) is 5.88 Å². The van der Waals surface area contributed by atoms with Crippen molar-refractivity contribution in [3.63, 3.8) is 0 Å². The van der Waals surface area contributed by atoms with Crippen molar-refractivity contribution in [2.45, 2.75) is 10.8 Å². The molecule has 0 atom stereocenters. The molecule has 0 N–H and O–H groups in total. The minimum atomic E-state index is 0.434. The lowest BCUT2D eigenvalue weighted by Crippen LogP contribution is -2.14. The zero-order valence-electron chi connectivity index (χ0n) is 11.6. The number of rotatable bonds is 2. The smallest absolute Gasteiger partial charge is 0.188 e. The molecular weight excluding hydrogens is 274 g/mol. The Kier molecular flexibility index (Phi) is 3.24. The molecule has 2 heteroatoms. The summed E-state index contributed by atoms with van der Waals surface area (Å²) in [5.41, 5.74) is 3.99. The van der Waals surface area contributed by atoms with E-state index >= 15 is 0 Å². The van der Waals surface area contributed by atoms with Crippen LogP contribution in [0.4, 0.5) is 5.69 Å². The molecule has 21 heavy (non-hydrogen) atoms. The van der Waals surface area contributed by atoms with Gasteiger partial charge >= 0.3 is 0 Å². The first-order chi connectivity index (χ1) is 10.4. The Bertz CT molecular complexity index is 744. The molecule has 2 aromatic carbocycles. The number of thioether (sulfide) groups is 1. The maximum Gasteiger partial charge on any atom is 0.205 e. The average Bonchev–Trinajstić information content (AvgIpc) is 3.09. The molecule has 0 unspecified atom stereocenters. The first-order valence-corrected chi connectivity index (χ1v) is 8.18. The zero-order chi connectivity index (χ0) is 14.1. The van der Waals surface area contributed by atoms with Crippen LogP contribution in [0.15, 0.2) is 77.7 Å². The second-order valence-electron chi connectivity index (χ2n) is 5.27. The van der Waals surface area contributed by atoms with Crippen molar-refractivity contribution in [3.8, 4) is 0 Å². The monoisotopic (exact) mass is 290 g/mol. The normalized spacial score (nSPS) is 16.9. The molecule has 1 heterocycles. The quantitative estimate of drug-likeness (QED) is 0.723. The van der Waals surface area contributed by atoms with Gasteiger partial charge in [-0.25, -0.2) is 0 Å². The van der Waals surface area contributed by atoms with Crippen molar-refractivity contribution in [1.82, 2.24) is 0 Å². The second kappa shape index (κ2) is 5.38. The van der Waals surface area contributed by atoms with E-state index in [1.807, 2.05) is 11.8 Å². The van der Waals surface area contributed by atoms with Gasteiger partial charge in [0.1, 0.15) is 0 Å². The van der Waals surface area contributed by atoms with Crippen LogP contribution in [0.2, 0.25) is 0 Å². The van der Waals surface area contributed by atoms with Crippen LogP contribution in [-0.4, -0.2) is 16.7 Å². The van der Waals surface area contributed by atoms with Gasteiger partial charge in [0.2, 0.25) is 5.69 Å². The number of para-hydroxylation sites is 1. The molecule has 4 rings (SSSR count). The van der Waals surface area contributed by atoms with Crippen LogP contribution < -0.4 is 0 Å². The number of hydrogen-bond donors (Lipinski definition) is 0. The molecule has 102 valence electrons. The molecule has 1 nitrogen and oxygen atoms in total. The predicted octanol–water partition coefficient (Wildman–Crippen LogP) is 4.72. The van der Waals surface area contributed by atoms with Gasteiger partial charge in [-0.05, 0) is 11.6 Å². The highest BCUT2D eigenvalue weighted by Gasteiger charge is 2.23. The van der Waals surface area contributed by atoms with Crippen LogP contribution in [0.25, 0.3) is 0 Å². The molecule has 1 aliphatic carbocycles. The second-order valence-corrected chi connectivity index (χ2v) is 6.22. The Morgan fingerprint density at radius 2 is 1.71 bits per heavy atom. The van der Waals surface area contributed by atoms with E-state index in [2.05, 4.69) is 83.6 Å². The van der Waals surface area contributed by atoms with Gasteiger partial charge in [-0.15, -0.1) is 0 Å². The lowest BCUT2D eigenvalue weighted by atomic mass is 9.98. The topological polar surface area (TPSA) is 3.01 Å². The van der Waals surface area contributed by atoms with Crippen LogP contribution in [0.1, 0.15) is 17.0 Å². The van der Waals surface area contributed by atoms with E-state index in [-0.39, 0.29) is 0 Å². The minimum absolute atomic E-state index is 0.434. The highest BCUT2D eigenvalue weighted by molar-refractivity contribution is 7.99. The van der Waals surface area contributed by atoms with E-state index in [4.69, 9.17) is 0 Å². The largest absolute Gasteiger partial charge is 0.205 e. The molecule has 0 spiro atoms. The van der Waals surface area contributed by atoms with Crippen molar-refractivity contribution in [2.24, 2.45) is 0 Å². The van der Waals surface area contributed by atoms with Crippen molar-refractivity contribution in [3.05, 3.63) is 84.0 Å². The molecule has 2 aliphatic rings. The molecule has 0 saturated heterocycles. The van der Waals surface area contributed by atoms with E-state index in [1.54, 1.807) is 0 Å². The van der Waals surface area contributed by atoms with Gasteiger partial charge in [-0.3, -0.25) is 0 Å². The summed E-state index contributed by atoms with van der Waals surface area (Å²) in [6, 6.07) is 17.2. The maximum absolute atomic E-state index is 2.32. The van der Waals surface area contributed by atoms with Gasteiger partial charge in [0.25, 0.3) is 0 Å². The molecule has 0 fully saturated rings. The van der Waals surface area contributed by atoms with Gasteiger partial charge in [-0.2, -0.15) is 4.58 Å². The van der Waals surface area contributed by atoms with Crippen molar-refractivity contribution >= 4 is 23.7 Å². The van der Waals surface area contributed by atoms with Crippen LogP contribution in [0.3, 0.4) is 0 Å². The van der Waals surface area contributed by atoms with Crippen molar-refractivity contribution in [1.29, 1.82) is 0 Å². The van der Waals surface area contributed by atoms with Gasteiger partial charge in [0.15, 0.2) is 12.1 Å². The Morgan fingerprint density at radius 3 is 2.52 bits per heavy atom. The lowest BCUT2D eigenvalue weighted by molar-refractivity contribution is -0.411. The van der Waals surface area contributed by atoms with Gasteiger partial charge in [-0.1, -0.05) is 66.4 Å². The standard InChI is InChI=1S/C19H16NS/c1-2-10-17(11-3-1)20-13-16-9-6-12-18(19(16)21-14-20)15-7-4-5-8-15/h1-13,15H,14H2/q+1. The van der Waals surface area contributed by atoms with Gasteiger partial charge < -0.3 is 0 Å². The first-order valence-electron chi connectivity index (χ1n) is 7.19. The highest BCUT2D eigenvalue weighted by atomic mass is 32.2. The summed E-state index contributed by atoms with van der Waals surface area (Å²) in [6.07, 6.45) is 11.1. The van der Waals surface area contributed by atoms with E-state index in [1.165, 1.54) is 21.7 Å². The van der Waals surface area contributed by atoms with Gasteiger partial charge in [0, 0.05) is 22.9 Å². The summed E-state index contributed by atoms with van der Waals surface area (Å²) in [5, 5.41) is 0. The predicted molar refractivity (Wildman–Crippen MR) is 89.7 cm³/mol. The molecule has 0 saturated carbocycles. The average molecular weight is 290 g/mol. The van der Waals surface area contributed by atoms with Crippen LogP contribution >= 0.6 is 11.8 Å². The summed E-state index contributed by atoms with van der Waals surface area (Å²) in [7, 11) is 0. The number of nitrogens with zero attached hydrogens (tertiary/aromatic N) is 1. The molecule has 2 aromatic rings. The van der Waals surface area contributed by atoms with Crippen LogP contribution in [-0.2, 0) is 0 Å². The Balaban J connectivity index is 1.77. The number of hydrogen-bond acceptors (Lipinski definition) is 1. The third kappa shape index (κ3) is 2.36. The minimum Gasteiger partial charge on any atom is -0.188 e. The number of benzene rings is 2. The highest BCUT2D eigenvalue weighted by Crippen LogP contribution is 2.36. The van der Waals surface area contributed by atoms with Crippen LogP contribution in [0, 0.1) is 0 Å². The Labute approximate surface area is 129 Å². The summed E-state index contributed by atoms with van der Waals surface area (Å²) in [6.45, 7) is 0.